The average Bonchev–Trinajstić information content (AvgIpc) is 3.06. The monoisotopic (exact) mass is 380 g/mol. The first-order valence-corrected chi connectivity index (χ1v) is 8.29. The van der Waals surface area contributed by atoms with Gasteiger partial charge in [0.15, 0.2) is 0 Å². The zero-order valence-corrected chi connectivity index (χ0v) is 14.6. The van der Waals surface area contributed by atoms with E-state index in [0.29, 0.717) is 36.1 Å². The zero-order chi connectivity index (χ0) is 20.1. The number of aromatic nitrogens is 2. The molecular formula is C19H16N4O5. The number of aliphatic carboxylic acids is 2. The number of carbonyl (C=O) groups excluding carboxylic acids is 1. The summed E-state index contributed by atoms with van der Waals surface area (Å²) in [6.07, 6.45) is 4.66. The maximum atomic E-state index is 12.8. The number of pyridine rings is 2. The van der Waals surface area contributed by atoms with Crippen LogP contribution < -0.4 is 9.80 Å². The van der Waals surface area contributed by atoms with Crippen molar-refractivity contribution in [3.63, 3.8) is 0 Å². The number of anilines is 2. The molecule has 9 nitrogen and oxygen atoms in total. The van der Waals surface area contributed by atoms with E-state index in [4.69, 9.17) is 10.2 Å². The fraction of sp³-hybridized carbons (Fsp3) is 0.105. The normalized spacial score (nSPS) is 14.4. The van der Waals surface area contributed by atoms with Crippen LogP contribution in [0.4, 0.5) is 16.4 Å². The van der Waals surface area contributed by atoms with Gasteiger partial charge in [-0.2, -0.15) is 0 Å². The topological polar surface area (TPSA) is 124 Å². The molecule has 1 aliphatic rings. The third-order valence-electron chi connectivity index (χ3n) is 3.87. The number of amides is 2. The van der Waals surface area contributed by atoms with Crippen LogP contribution in [0.5, 0.6) is 0 Å². The molecule has 28 heavy (non-hydrogen) atoms. The minimum Gasteiger partial charge on any atom is -0.478 e. The molecule has 3 rings (SSSR count). The van der Waals surface area contributed by atoms with Gasteiger partial charge in [0.2, 0.25) is 0 Å². The molecule has 0 aromatic carbocycles. The molecule has 0 unspecified atom stereocenters. The Labute approximate surface area is 159 Å². The fourth-order valence-electron chi connectivity index (χ4n) is 2.64. The van der Waals surface area contributed by atoms with Crippen molar-refractivity contribution >= 4 is 41.8 Å². The Kier molecular flexibility index (Phi) is 5.45. The standard InChI is InChI=1S/C19H16N4O5/c24-17(25)9-7-13-3-1-5-15(20-13)22-11-12-23(19(22)28)16-6-2-4-14(21-16)8-10-18(26)27/h1-10H,11-12H2,(H,24,25)(H,26,27)/b9-7+,10-8+. The van der Waals surface area contributed by atoms with E-state index in [1.165, 1.54) is 22.0 Å². The summed E-state index contributed by atoms with van der Waals surface area (Å²) in [6, 6.07) is 9.67. The summed E-state index contributed by atoms with van der Waals surface area (Å²) in [7, 11) is 0. The minimum atomic E-state index is -1.08. The number of carboxylic acid groups (broad SMARTS) is 2. The van der Waals surface area contributed by atoms with Crippen molar-refractivity contribution in [2.75, 3.05) is 22.9 Å². The van der Waals surface area contributed by atoms with Crippen molar-refractivity contribution in [1.82, 2.24) is 9.97 Å². The van der Waals surface area contributed by atoms with Crippen molar-refractivity contribution in [3.05, 3.63) is 59.9 Å². The molecule has 9 heteroatoms. The lowest BCUT2D eigenvalue weighted by Crippen LogP contribution is -2.32. The number of carboxylic acids is 2. The van der Waals surface area contributed by atoms with Crippen LogP contribution in [0.1, 0.15) is 11.4 Å². The summed E-state index contributed by atoms with van der Waals surface area (Å²) in [5.41, 5.74) is 0.843. The van der Waals surface area contributed by atoms with Gasteiger partial charge in [-0.1, -0.05) is 12.1 Å². The highest BCUT2D eigenvalue weighted by molar-refractivity contribution is 6.05. The molecule has 0 saturated carbocycles. The van der Waals surface area contributed by atoms with Crippen LogP contribution in [0.15, 0.2) is 48.6 Å². The quantitative estimate of drug-likeness (QED) is 0.736. The second-order valence-corrected chi connectivity index (χ2v) is 5.77. The molecule has 2 aromatic rings. The molecule has 2 N–H and O–H groups in total. The summed E-state index contributed by atoms with van der Waals surface area (Å²) in [4.78, 5) is 45.7. The van der Waals surface area contributed by atoms with Crippen LogP contribution in [0.2, 0.25) is 0 Å². The smallest absolute Gasteiger partial charge is 0.331 e. The van der Waals surface area contributed by atoms with E-state index >= 15 is 0 Å². The SMILES string of the molecule is O=C(O)/C=C/c1cccc(N2CCN(c3cccc(/C=C/C(=O)O)n3)C2=O)n1. The largest absolute Gasteiger partial charge is 0.478 e. The first kappa shape index (κ1) is 18.8. The Morgan fingerprint density at radius 3 is 1.64 bits per heavy atom. The van der Waals surface area contributed by atoms with Gasteiger partial charge in [-0.3, -0.25) is 9.80 Å². The molecule has 1 fully saturated rings. The number of urea groups is 1. The molecule has 0 aliphatic carbocycles. The van der Waals surface area contributed by atoms with Gasteiger partial charge >= 0.3 is 18.0 Å². The van der Waals surface area contributed by atoms with Crippen molar-refractivity contribution in [2.24, 2.45) is 0 Å². The van der Waals surface area contributed by atoms with E-state index in [2.05, 4.69) is 9.97 Å². The molecule has 0 spiro atoms. The van der Waals surface area contributed by atoms with Gasteiger partial charge in [0.1, 0.15) is 11.6 Å². The van der Waals surface area contributed by atoms with E-state index in [-0.39, 0.29) is 6.03 Å². The van der Waals surface area contributed by atoms with Crippen molar-refractivity contribution in [2.45, 2.75) is 0 Å². The lowest BCUT2D eigenvalue weighted by atomic mass is 10.3. The molecule has 142 valence electrons. The summed E-state index contributed by atoms with van der Waals surface area (Å²) in [6.45, 7) is 0.767. The second kappa shape index (κ2) is 8.12. The number of hydrogen-bond acceptors (Lipinski definition) is 5. The number of nitrogens with zero attached hydrogens (tertiary/aromatic N) is 4. The van der Waals surface area contributed by atoms with Gasteiger partial charge in [-0.25, -0.2) is 24.4 Å². The summed E-state index contributed by atoms with van der Waals surface area (Å²) in [5.74, 6) is -1.36. The maximum absolute atomic E-state index is 12.8. The highest BCUT2D eigenvalue weighted by Crippen LogP contribution is 2.23. The van der Waals surface area contributed by atoms with Gasteiger partial charge in [0.05, 0.1) is 11.4 Å². The molecule has 1 saturated heterocycles. The van der Waals surface area contributed by atoms with Gasteiger partial charge in [0.25, 0.3) is 0 Å². The average molecular weight is 380 g/mol. The molecule has 2 aromatic heterocycles. The van der Waals surface area contributed by atoms with Crippen LogP contribution in [-0.2, 0) is 9.59 Å². The highest BCUT2D eigenvalue weighted by atomic mass is 16.4. The van der Waals surface area contributed by atoms with Crippen LogP contribution >= 0.6 is 0 Å². The van der Waals surface area contributed by atoms with Crippen LogP contribution in [0.3, 0.4) is 0 Å². The van der Waals surface area contributed by atoms with E-state index in [1.807, 2.05) is 0 Å². The van der Waals surface area contributed by atoms with Gasteiger partial charge in [0, 0.05) is 25.2 Å². The van der Waals surface area contributed by atoms with Gasteiger partial charge in [-0.15, -0.1) is 0 Å². The highest BCUT2D eigenvalue weighted by Gasteiger charge is 2.32. The molecule has 3 heterocycles. The predicted octanol–water partition coefficient (Wildman–Crippen LogP) is 2.12. The third kappa shape index (κ3) is 4.39. The molecule has 0 bridgehead atoms. The zero-order valence-electron chi connectivity index (χ0n) is 14.6. The molecule has 0 radical (unpaired) electrons. The number of hydrogen-bond donors (Lipinski definition) is 2. The van der Waals surface area contributed by atoms with Crippen molar-refractivity contribution < 1.29 is 24.6 Å². The van der Waals surface area contributed by atoms with E-state index < -0.39 is 11.9 Å². The van der Waals surface area contributed by atoms with Crippen molar-refractivity contribution in [3.8, 4) is 0 Å². The molecule has 1 aliphatic heterocycles. The number of carbonyl (C=O) groups is 3. The first-order valence-electron chi connectivity index (χ1n) is 8.29. The van der Waals surface area contributed by atoms with Gasteiger partial charge in [-0.05, 0) is 36.4 Å². The molecular weight excluding hydrogens is 364 g/mol. The van der Waals surface area contributed by atoms with Crippen LogP contribution in [0, 0.1) is 0 Å². The summed E-state index contributed by atoms with van der Waals surface area (Å²) >= 11 is 0. The summed E-state index contributed by atoms with van der Waals surface area (Å²) < 4.78 is 0. The van der Waals surface area contributed by atoms with Crippen molar-refractivity contribution in [1.29, 1.82) is 0 Å². The Balaban J connectivity index is 1.80. The lowest BCUT2D eigenvalue weighted by molar-refractivity contribution is -0.132. The third-order valence-corrected chi connectivity index (χ3v) is 3.87. The van der Waals surface area contributed by atoms with Crippen LogP contribution in [-0.4, -0.2) is 51.2 Å². The number of rotatable bonds is 6. The van der Waals surface area contributed by atoms with Crippen LogP contribution in [0.25, 0.3) is 12.2 Å². The lowest BCUT2D eigenvalue weighted by Gasteiger charge is -2.17. The Bertz CT molecular complexity index is 908. The van der Waals surface area contributed by atoms with Gasteiger partial charge < -0.3 is 10.2 Å². The minimum absolute atomic E-state index is 0.321. The Morgan fingerprint density at radius 1 is 0.821 bits per heavy atom. The Morgan fingerprint density at radius 2 is 1.25 bits per heavy atom. The Hall–Kier alpha value is -4.01. The van der Waals surface area contributed by atoms with E-state index in [1.54, 1.807) is 36.4 Å². The molecule has 0 atom stereocenters. The fourth-order valence-corrected chi connectivity index (χ4v) is 2.64. The summed E-state index contributed by atoms with van der Waals surface area (Å²) in [5, 5.41) is 17.4. The first-order chi connectivity index (χ1) is 13.4. The second-order valence-electron chi connectivity index (χ2n) is 5.77. The maximum Gasteiger partial charge on any atom is 0.331 e. The molecule has 2 amide bonds. The van der Waals surface area contributed by atoms with E-state index in [0.717, 1.165) is 12.2 Å². The van der Waals surface area contributed by atoms with E-state index in [9.17, 15) is 14.4 Å². The predicted molar refractivity (Wildman–Crippen MR) is 102 cm³/mol.